The van der Waals surface area contributed by atoms with Crippen LogP contribution in [0.4, 0.5) is 27.6 Å². The standard InChI is InChI=1S/C23H25F5N2O6S2/c1-21(33,13-31)12-29-20(32)9-16-10-37-19-8-14(22(34,11-24)23(26,27)28)2-7-18(19)30(16)38(35,36)17-5-3-15(25)4-6-17/h2-8,16,31,33-34H,9-13H2,1H3,(H,29,32)/t16-,21+,22?/m0/s1. The summed E-state index contributed by atoms with van der Waals surface area (Å²) in [4.78, 5) is 12.2. The molecule has 210 valence electrons. The number of halogens is 5. The molecule has 1 aliphatic heterocycles. The monoisotopic (exact) mass is 584 g/mol. The Bertz CT molecular complexity index is 1270. The number of fused-ring (bicyclic) bond motifs is 1. The van der Waals surface area contributed by atoms with Crippen molar-refractivity contribution >= 4 is 33.4 Å². The Balaban J connectivity index is 2.05. The minimum absolute atomic E-state index is 0.0239. The maximum Gasteiger partial charge on any atom is 0.424 e. The van der Waals surface area contributed by atoms with Crippen LogP contribution in [-0.4, -0.2) is 73.0 Å². The molecule has 3 atom stereocenters. The Morgan fingerprint density at radius 2 is 1.79 bits per heavy atom. The Morgan fingerprint density at radius 3 is 2.34 bits per heavy atom. The van der Waals surface area contributed by atoms with Crippen LogP contribution in [-0.2, 0) is 20.4 Å². The third-order valence-electron chi connectivity index (χ3n) is 5.90. The maximum atomic E-state index is 13.6. The fourth-order valence-corrected chi connectivity index (χ4v) is 6.64. The summed E-state index contributed by atoms with van der Waals surface area (Å²) < 4.78 is 95.1. The number of nitrogens with zero attached hydrogens (tertiary/aromatic N) is 1. The van der Waals surface area contributed by atoms with Crippen LogP contribution < -0.4 is 9.62 Å². The third-order valence-corrected chi connectivity index (χ3v) is 8.97. The second kappa shape index (κ2) is 11.0. The second-order valence-corrected chi connectivity index (χ2v) is 11.9. The van der Waals surface area contributed by atoms with Crippen LogP contribution in [0.5, 0.6) is 0 Å². The van der Waals surface area contributed by atoms with Crippen LogP contribution >= 0.6 is 11.8 Å². The number of amides is 1. The van der Waals surface area contributed by atoms with Crippen molar-refractivity contribution in [3.05, 3.63) is 53.8 Å². The van der Waals surface area contributed by atoms with Crippen molar-refractivity contribution in [3.8, 4) is 0 Å². The number of sulfonamides is 1. The molecule has 0 aliphatic carbocycles. The van der Waals surface area contributed by atoms with Gasteiger partial charge in [0.25, 0.3) is 10.0 Å². The quantitative estimate of drug-likeness (QED) is 0.334. The van der Waals surface area contributed by atoms with E-state index in [1.54, 1.807) is 0 Å². The van der Waals surface area contributed by atoms with E-state index in [1.807, 2.05) is 0 Å². The first-order valence-electron chi connectivity index (χ1n) is 11.1. The highest BCUT2D eigenvalue weighted by Gasteiger charge is 2.55. The van der Waals surface area contributed by atoms with Gasteiger partial charge in [-0.3, -0.25) is 9.10 Å². The van der Waals surface area contributed by atoms with Gasteiger partial charge in [0.15, 0.2) is 0 Å². The predicted molar refractivity (Wildman–Crippen MR) is 128 cm³/mol. The molecular weight excluding hydrogens is 559 g/mol. The minimum atomic E-state index is -5.36. The number of aliphatic hydroxyl groups is 3. The van der Waals surface area contributed by atoms with Crippen LogP contribution in [0.15, 0.2) is 52.3 Å². The van der Waals surface area contributed by atoms with Gasteiger partial charge < -0.3 is 20.6 Å². The van der Waals surface area contributed by atoms with E-state index < -0.39 is 70.4 Å². The largest absolute Gasteiger partial charge is 0.424 e. The van der Waals surface area contributed by atoms with E-state index in [-0.39, 0.29) is 27.8 Å². The van der Waals surface area contributed by atoms with Gasteiger partial charge >= 0.3 is 6.18 Å². The molecule has 38 heavy (non-hydrogen) atoms. The first kappa shape index (κ1) is 30.1. The molecule has 1 aliphatic rings. The molecular formula is C23H25F5N2O6S2. The summed E-state index contributed by atoms with van der Waals surface area (Å²) in [6.45, 7) is -1.90. The minimum Gasteiger partial charge on any atom is -0.393 e. The average molecular weight is 585 g/mol. The molecule has 15 heteroatoms. The molecule has 0 radical (unpaired) electrons. The molecule has 2 aromatic rings. The lowest BCUT2D eigenvalue weighted by Gasteiger charge is -2.38. The molecule has 0 saturated carbocycles. The Labute approximate surface area is 219 Å². The summed E-state index contributed by atoms with van der Waals surface area (Å²) in [7, 11) is -4.49. The van der Waals surface area contributed by atoms with Crippen molar-refractivity contribution in [3.63, 3.8) is 0 Å². The second-order valence-electron chi connectivity index (χ2n) is 9.03. The summed E-state index contributed by atoms with van der Waals surface area (Å²) in [6.07, 6.45) is -5.79. The van der Waals surface area contributed by atoms with E-state index in [4.69, 9.17) is 5.11 Å². The van der Waals surface area contributed by atoms with Crippen molar-refractivity contribution in [2.75, 3.05) is 29.9 Å². The highest BCUT2D eigenvalue weighted by molar-refractivity contribution is 8.00. The molecule has 1 amide bonds. The number of hydrogen-bond donors (Lipinski definition) is 4. The molecule has 0 aromatic heterocycles. The highest BCUT2D eigenvalue weighted by Crippen LogP contribution is 2.46. The number of anilines is 1. The van der Waals surface area contributed by atoms with Gasteiger partial charge in [-0.05, 0) is 48.9 Å². The zero-order valence-corrected chi connectivity index (χ0v) is 21.5. The molecule has 3 rings (SSSR count). The molecule has 0 fully saturated rings. The van der Waals surface area contributed by atoms with Crippen LogP contribution in [0.25, 0.3) is 0 Å². The number of carbonyl (C=O) groups is 1. The van der Waals surface area contributed by atoms with Gasteiger partial charge in [0.1, 0.15) is 18.1 Å². The average Bonchev–Trinajstić information content (AvgIpc) is 2.86. The lowest BCUT2D eigenvalue weighted by Crippen LogP contribution is -2.49. The van der Waals surface area contributed by atoms with Crippen LogP contribution in [0.2, 0.25) is 0 Å². The zero-order valence-electron chi connectivity index (χ0n) is 19.9. The van der Waals surface area contributed by atoms with Crippen molar-refractivity contribution < 1.29 is 50.5 Å². The van der Waals surface area contributed by atoms with Crippen molar-refractivity contribution in [2.45, 2.75) is 46.6 Å². The molecule has 0 saturated heterocycles. The fourth-order valence-electron chi connectivity index (χ4n) is 3.65. The first-order chi connectivity index (χ1) is 17.6. The Morgan fingerprint density at radius 1 is 1.16 bits per heavy atom. The van der Waals surface area contributed by atoms with Gasteiger partial charge in [-0.2, -0.15) is 13.2 Å². The number of nitrogens with one attached hydrogen (secondary N) is 1. The van der Waals surface area contributed by atoms with E-state index >= 15 is 0 Å². The number of carbonyl (C=O) groups excluding carboxylic acids is 1. The molecule has 1 heterocycles. The number of thioether (sulfide) groups is 1. The topological polar surface area (TPSA) is 127 Å². The summed E-state index contributed by atoms with van der Waals surface area (Å²) in [5.41, 5.74) is -6.41. The number of hydrogen-bond acceptors (Lipinski definition) is 7. The van der Waals surface area contributed by atoms with E-state index in [0.29, 0.717) is 0 Å². The molecule has 0 spiro atoms. The van der Waals surface area contributed by atoms with Crippen molar-refractivity contribution in [1.29, 1.82) is 0 Å². The summed E-state index contributed by atoms with van der Waals surface area (Å²) >= 11 is 0.899. The summed E-state index contributed by atoms with van der Waals surface area (Å²) in [5.74, 6) is -1.53. The predicted octanol–water partition coefficient (Wildman–Crippen LogP) is 2.46. The van der Waals surface area contributed by atoms with Gasteiger partial charge in [0, 0.05) is 23.6 Å². The SMILES string of the molecule is C[C@](O)(CO)CNC(=O)C[C@H]1CSc2cc(C(O)(CF)C(F)(F)F)ccc2N1S(=O)(=O)c1ccc(F)cc1. The van der Waals surface area contributed by atoms with Crippen LogP contribution in [0.3, 0.4) is 0 Å². The normalized spacial score (nSPS) is 19.3. The zero-order chi connectivity index (χ0) is 28.5. The lowest BCUT2D eigenvalue weighted by molar-refractivity contribution is -0.271. The van der Waals surface area contributed by atoms with Gasteiger partial charge in [-0.15, -0.1) is 11.8 Å². The summed E-state index contributed by atoms with van der Waals surface area (Å²) in [6, 6.07) is 5.28. The molecule has 2 aromatic carbocycles. The van der Waals surface area contributed by atoms with Crippen LogP contribution in [0, 0.1) is 5.82 Å². The molecule has 4 N–H and O–H groups in total. The smallest absolute Gasteiger partial charge is 0.393 e. The maximum absolute atomic E-state index is 13.6. The van der Waals surface area contributed by atoms with E-state index in [1.165, 1.54) is 6.92 Å². The first-order valence-corrected chi connectivity index (χ1v) is 13.5. The van der Waals surface area contributed by atoms with Crippen molar-refractivity contribution in [1.82, 2.24) is 5.32 Å². The van der Waals surface area contributed by atoms with Gasteiger partial charge in [0.2, 0.25) is 11.5 Å². The van der Waals surface area contributed by atoms with E-state index in [0.717, 1.165) is 58.5 Å². The van der Waals surface area contributed by atoms with Crippen LogP contribution in [0.1, 0.15) is 18.9 Å². The highest BCUT2D eigenvalue weighted by atomic mass is 32.2. The van der Waals surface area contributed by atoms with Gasteiger partial charge in [-0.25, -0.2) is 17.2 Å². The van der Waals surface area contributed by atoms with Gasteiger partial charge in [-0.1, -0.05) is 6.07 Å². The lowest BCUT2D eigenvalue weighted by atomic mass is 9.94. The molecule has 0 bridgehead atoms. The van der Waals surface area contributed by atoms with Gasteiger partial charge in [0.05, 0.1) is 23.2 Å². The molecule has 1 unspecified atom stereocenters. The molecule has 8 nitrogen and oxygen atoms in total. The Kier molecular flexibility index (Phi) is 8.68. The van der Waals surface area contributed by atoms with E-state index in [9.17, 15) is 45.4 Å². The van der Waals surface area contributed by atoms with Crippen molar-refractivity contribution in [2.24, 2.45) is 0 Å². The number of benzene rings is 2. The number of aliphatic hydroxyl groups excluding tert-OH is 1. The number of rotatable bonds is 9. The Hall–Kier alpha value is -2.46. The summed E-state index contributed by atoms with van der Waals surface area (Å²) in [5, 5.41) is 31.4. The third kappa shape index (κ3) is 6.06. The van der Waals surface area contributed by atoms with E-state index in [2.05, 4.69) is 5.32 Å². The number of alkyl halides is 4. The fraction of sp³-hybridized carbons (Fsp3) is 0.435.